The summed E-state index contributed by atoms with van der Waals surface area (Å²) >= 11 is 1.81. The van der Waals surface area contributed by atoms with Crippen LogP contribution in [-0.2, 0) is 5.54 Å². The van der Waals surface area contributed by atoms with Crippen molar-refractivity contribution >= 4 is 33.4 Å². The molecule has 1 aliphatic carbocycles. The maximum atomic E-state index is 6.79. The lowest BCUT2D eigenvalue weighted by Gasteiger charge is -2.27. The number of rotatable bonds is 5. The number of thioether (sulfide) groups is 1. The van der Waals surface area contributed by atoms with Gasteiger partial charge in [0, 0.05) is 26.8 Å². The number of benzene rings is 2. The van der Waals surface area contributed by atoms with E-state index < -0.39 is 0 Å². The van der Waals surface area contributed by atoms with E-state index >= 15 is 0 Å². The molecule has 2 aromatic carbocycles. The minimum Gasteiger partial charge on any atom is -0.493 e. The van der Waals surface area contributed by atoms with E-state index in [0.717, 1.165) is 23.1 Å². The van der Waals surface area contributed by atoms with Crippen LogP contribution in [0.3, 0.4) is 0 Å². The Labute approximate surface area is 204 Å². The molecule has 2 aliphatic rings. The van der Waals surface area contributed by atoms with Crippen molar-refractivity contribution in [2.24, 2.45) is 11.7 Å². The van der Waals surface area contributed by atoms with E-state index in [2.05, 4.69) is 60.6 Å². The standard InChI is InChI=1S/C27H30N4O2S/c1-15(29-26-19-12-22(32-4)23(33-5)13-21(19)30-16(2)31-26)24-10-17-11-25(34-24)18-8-6-7-9-20(18)27(3,28)14-17/h6-13,15,17H,14,28H2,1-5H3,(H,29,30,31). The molecule has 0 radical (unpaired) electrons. The van der Waals surface area contributed by atoms with Gasteiger partial charge in [0.1, 0.15) is 11.6 Å². The van der Waals surface area contributed by atoms with Crippen LogP contribution >= 0.6 is 11.8 Å². The average Bonchev–Trinajstić information content (AvgIpc) is 2.89. The molecular weight excluding hydrogens is 444 g/mol. The number of nitrogens with one attached hydrogen (secondary N) is 1. The molecule has 5 rings (SSSR count). The van der Waals surface area contributed by atoms with Gasteiger partial charge in [0.25, 0.3) is 0 Å². The molecule has 3 atom stereocenters. The van der Waals surface area contributed by atoms with Gasteiger partial charge in [0.15, 0.2) is 11.5 Å². The number of anilines is 1. The Morgan fingerprint density at radius 2 is 1.85 bits per heavy atom. The Kier molecular flexibility index (Phi) is 5.78. The van der Waals surface area contributed by atoms with Crippen LogP contribution < -0.4 is 20.5 Å². The fourth-order valence-corrected chi connectivity index (χ4v) is 6.16. The molecule has 2 bridgehead atoms. The second-order valence-electron chi connectivity index (χ2n) is 9.24. The third-order valence-corrected chi connectivity index (χ3v) is 7.83. The predicted molar refractivity (Wildman–Crippen MR) is 140 cm³/mol. The molecule has 7 heteroatoms. The van der Waals surface area contributed by atoms with Gasteiger partial charge in [-0.25, -0.2) is 9.97 Å². The molecule has 0 amide bonds. The average molecular weight is 475 g/mol. The van der Waals surface area contributed by atoms with E-state index in [1.165, 1.54) is 20.9 Å². The van der Waals surface area contributed by atoms with E-state index in [1.807, 2.05) is 30.8 Å². The number of aromatic nitrogens is 2. The van der Waals surface area contributed by atoms with Gasteiger partial charge in [-0.3, -0.25) is 0 Å². The summed E-state index contributed by atoms with van der Waals surface area (Å²) in [6, 6.07) is 12.4. The van der Waals surface area contributed by atoms with Crippen LogP contribution in [0.4, 0.5) is 5.82 Å². The van der Waals surface area contributed by atoms with Crippen LogP contribution in [0.2, 0.25) is 0 Å². The van der Waals surface area contributed by atoms with Crippen molar-refractivity contribution in [3.05, 3.63) is 70.4 Å². The molecule has 1 aliphatic heterocycles. The molecule has 176 valence electrons. The van der Waals surface area contributed by atoms with Gasteiger partial charge in [-0.2, -0.15) is 0 Å². The zero-order valence-electron chi connectivity index (χ0n) is 20.2. The first-order valence-corrected chi connectivity index (χ1v) is 12.3. The van der Waals surface area contributed by atoms with Gasteiger partial charge in [0.05, 0.1) is 25.8 Å². The molecule has 1 aromatic heterocycles. The second kappa shape index (κ2) is 8.64. The Balaban J connectivity index is 1.49. The molecule has 0 spiro atoms. The fourth-order valence-electron chi connectivity index (χ4n) is 4.90. The van der Waals surface area contributed by atoms with Crippen molar-refractivity contribution in [2.75, 3.05) is 19.5 Å². The van der Waals surface area contributed by atoms with Crippen molar-refractivity contribution in [2.45, 2.75) is 38.8 Å². The van der Waals surface area contributed by atoms with Crippen molar-refractivity contribution in [1.29, 1.82) is 0 Å². The second-order valence-corrected chi connectivity index (χ2v) is 10.4. The minimum absolute atomic E-state index is 0.0519. The fraction of sp³-hybridized carbons (Fsp3) is 0.333. The summed E-state index contributed by atoms with van der Waals surface area (Å²) in [6.45, 7) is 6.21. The first kappa shape index (κ1) is 22.7. The summed E-state index contributed by atoms with van der Waals surface area (Å²) < 4.78 is 11.0. The summed E-state index contributed by atoms with van der Waals surface area (Å²) in [5, 5.41) is 4.54. The Bertz CT molecular complexity index is 1330. The largest absolute Gasteiger partial charge is 0.493 e. The molecule has 3 aromatic rings. The van der Waals surface area contributed by atoms with Gasteiger partial charge in [-0.1, -0.05) is 48.2 Å². The van der Waals surface area contributed by atoms with Crippen LogP contribution in [0.25, 0.3) is 15.8 Å². The van der Waals surface area contributed by atoms with Gasteiger partial charge in [-0.15, -0.1) is 0 Å². The Morgan fingerprint density at radius 1 is 1.12 bits per heavy atom. The molecule has 6 nitrogen and oxygen atoms in total. The van der Waals surface area contributed by atoms with Gasteiger partial charge < -0.3 is 20.5 Å². The first-order valence-electron chi connectivity index (χ1n) is 11.5. The molecule has 34 heavy (non-hydrogen) atoms. The van der Waals surface area contributed by atoms with E-state index in [9.17, 15) is 0 Å². The number of methoxy groups -OCH3 is 2. The Morgan fingerprint density at radius 3 is 2.62 bits per heavy atom. The summed E-state index contributed by atoms with van der Waals surface area (Å²) in [5.74, 6) is 3.07. The molecule has 3 unspecified atom stereocenters. The van der Waals surface area contributed by atoms with E-state index in [-0.39, 0.29) is 17.5 Å². The lowest BCUT2D eigenvalue weighted by Crippen LogP contribution is -2.34. The van der Waals surface area contributed by atoms with Gasteiger partial charge >= 0.3 is 0 Å². The van der Waals surface area contributed by atoms with Crippen molar-refractivity contribution in [3.8, 4) is 11.5 Å². The third kappa shape index (κ3) is 4.03. The number of allylic oxidation sites excluding steroid dienone is 2. The number of hydrogen-bond donors (Lipinski definition) is 2. The van der Waals surface area contributed by atoms with E-state index in [0.29, 0.717) is 17.3 Å². The van der Waals surface area contributed by atoms with Crippen molar-refractivity contribution < 1.29 is 9.47 Å². The lowest BCUT2D eigenvalue weighted by molar-refractivity contribution is 0.356. The highest BCUT2D eigenvalue weighted by molar-refractivity contribution is 8.11. The summed E-state index contributed by atoms with van der Waals surface area (Å²) in [7, 11) is 3.26. The summed E-state index contributed by atoms with van der Waals surface area (Å²) in [5.41, 5.74) is 9.68. The Hall–Kier alpha value is -3.03. The molecule has 2 heterocycles. The maximum Gasteiger partial charge on any atom is 0.162 e. The van der Waals surface area contributed by atoms with Gasteiger partial charge in [0.2, 0.25) is 0 Å². The van der Waals surface area contributed by atoms with Crippen LogP contribution in [0, 0.1) is 12.8 Å². The van der Waals surface area contributed by atoms with Crippen LogP contribution in [0.5, 0.6) is 11.5 Å². The molecule has 0 saturated carbocycles. The predicted octanol–water partition coefficient (Wildman–Crippen LogP) is 5.62. The number of nitrogens with two attached hydrogens (primary N) is 1. The van der Waals surface area contributed by atoms with Crippen molar-refractivity contribution in [1.82, 2.24) is 9.97 Å². The topological polar surface area (TPSA) is 82.3 Å². The summed E-state index contributed by atoms with van der Waals surface area (Å²) in [4.78, 5) is 11.9. The van der Waals surface area contributed by atoms with Gasteiger partial charge in [-0.05, 0) is 50.3 Å². The maximum absolute atomic E-state index is 6.79. The highest BCUT2D eigenvalue weighted by Gasteiger charge is 2.34. The number of aryl methyl sites for hydroxylation is 1. The van der Waals surface area contributed by atoms with E-state index in [1.54, 1.807) is 14.2 Å². The number of fused-ring (bicyclic) bond motifs is 4. The smallest absolute Gasteiger partial charge is 0.162 e. The SMILES string of the molecule is COc1cc2nc(C)nc(NC(C)C3=CC4C=C(S3)c3ccccc3C(C)(N)C4)c2cc1OC. The number of hydrogen-bond acceptors (Lipinski definition) is 7. The lowest BCUT2D eigenvalue weighted by atomic mass is 9.84. The minimum atomic E-state index is -0.377. The zero-order valence-corrected chi connectivity index (χ0v) is 21.0. The third-order valence-electron chi connectivity index (χ3n) is 6.53. The zero-order chi connectivity index (χ0) is 24.0. The van der Waals surface area contributed by atoms with Crippen LogP contribution in [-0.4, -0.2) is 30.2 Å². The monoisotopic (exact) mass is 474 g/mol. The quantitative estimate of drug-likeness (QED) is 0.496. The highest BCUT2D eigenvalue weighted by Crippen LogP contribution is 2.48. The highest BCUT2D eigenvalue weighted by atomic mass is 32.2. The van der Waals surface area contributed by atoms with E-state index in [4.69, 9.17) is 20.2 Å². The van der Waals surface area contributed by atoms with Crippen LogP contribution in [0.1, 0.15) is 37.2 Å². The van der Waals surface area contributed by atoms with Crippen molar-refractivity contribution in [3.63, 3.8) is 0 Å². The molecule has 3 N–H and O–H groups in total. The van der Waals surface area contributed by atoms with Crippen LogP contribution in [0.15, 0.2) is 53.5 Å². The first-order chi connectivity index (χ1) is 16.3. The summed E-state index contributed by atoms with van der Waals surface area (Å²) in [6.07, 6.45) is 5.58. The molecule has 0 fully saturated rings. The molecule has 0 saturated heterocycles. The number of ether oxygens (including phenoxy) is 2. The normalized spacial score (nSPS) is 22.2. The molecular formula is C27H30N4O2S. The number of nitrogens with zero attached hydrogens (tertiary/aromatic N) is 2.